The van der Waals surface area contributed by atoms with Gasteiger partial charge in [-0.2, -0.15) is 9.57 Å². The Morgan fingerprint density at radius 1 is 1.30 bits per heavy atom. The smallest absolute Gasteiger partial charge is 0.245 e. The molecule has 1 aromatic rings. The highest BCUT2D eigenvalue weighted by Crippen LogP contribution is 2.39. The number of hydrogen-bond donors (Lipinski definition) is 1. The van der Waals surface area contributed by atoms with Crippen LogP contribution in [0.1, 0.15) is 31.4 Å². The lowest BCUT2D eigenvalue weighted by molar-refractivity contribution is 0.0768. The molecule has 1 aromatic heterocycles. The normalized spacial score (nSPS) is 30.1. The number of piperidine rings is 1. The van der Waals surface area contributed by atoms with Crippen molar-refractivity contribution in [2.75, 3.05) is 0 Å². The number of aliphatic hydroxyl groups excluding tert-OH is 1. The third kappa shape index (κ3) is 2.10. The molecule has 2 bridgehead atoms. The largest absolute Gasteiger partial charge is 0.393 e. The highest BCUT2D eigenvalue weighted by molar-refractivity contribution is 7.89. The number of rotatable bonds is 2. The van der Waals surface area contributed by atoms with Gasteiger partial charge in [0.2, 0.25) is 10.0 Å². The first-order chi connectivity index (χ1) is 9.52. The predicted octanol–water partition coefficient (Wildman–Crippen LogP) is 0.630. The summed E-state index contributed by atoms with van der Waals surface area (Å²) < 4.78 is 26.9. The van der Waals surface area contributed by atoms with Crippen molar-refractivity contribution in [1.29, 1.82) is 5.26 Å². The molecule has 0 spiro atoms. The van der Waals surface area contributed by atoms with Gasteiger partial charge in [-0.15, -0.1) is 0 Å². The van der Waals surface area contributed by atoms with Crippen LogP contribution in [0.2, 0.25) is 0 Å². The van der Waals surface area contributed by atoms with Crippen LogP contribution in [-0.2, 0) is 10.0 Å². The van der Waals surface area contributed by atoms with Crippen molar-refractivity contribution in [2.24, 2.45) is 0 Å². The van der Waals surface area contributed by atoms with Crippen LogP contribution in [0, 0.1) is 11.3 Å². The summed E-state index contributed by atoms with van der Waals surface area (Å²) in [6, 6.07) is 4.46. The lowest BCUT2D eigenvalue weighted by atomic mass is 10.0. The molecule has 0 saturated carbocycles. The van der Waals surface area contributed by atoms with Crippen molar-refractivity contribution in [1.82, 2.24) is 9.29 Å². The quantitative estimate of drug-likeness (QED) is 0.863. The molecule has 2 fully saturated rings. The zero-order chi connectivity index (χ0) is 14.3. The van der Waals surface area contributed by atoms with E-state index in [4.69, 9.17) is 5.26 Å². The van der Waals surface area contributed by atoms with E-state index in [9.17, 15) is 13.5 Å². The van der Waals surface area contributed by atoms with Crippen molar-refractivity contribution < 1.29 is 13.5 Å². The zero-order valence-electron chi connectivity index (χ0n) is 10.8. The number of aromatic nitrogens is 1. The van der Waals surface area contributed by atoms with Crippen LogP contribution >= 0.6 is 0 Å². The maximum Gasteiger partial charge on any atom is 0.245 e. The van der Waals surface area contributed by atoms with Crippen molar-refractivity contribution in [3.8, 4) is 6.07 Å². The fourth-order valence-electron chi connectivity index (χ4n) is 3.22. The topological polar surface area (TPSA) is 94.3 Å². The average molecular weight is 293 g/mol. The van der Waals surface area contributed by atoms with Crippen molar-refractivity contribution >= 4 is 10.0 Å². The second-order valence-corrected chi connectivity index (χ2v) is 7.18. The SMILES string of the molecule is N#Cc1ccc(S(=O)(=O)N2C3CCC2CC(O)C3)cn1. The first-order valence-electron chi connectivity index (χ1n) is 6.60. The molecule has 1 N–H and O–H groups in total. The number of hydrogen-bond acceptors (Lipinski definition) is 5. The van der Waals surface area contributed by atoms with E-state index in [1.165, 1.54) is 22.6 Å². The van der Waals surface area contributed by atoms with Gasteiger partial charge in [0, 0.05) is 18.3 Å². The number of nitriles is 1. The molecular formula is C13H15N3O3S. The standard InChI is InChI=1S/C13H15N3O3S/c14-7-9-1-4-13(8-15-9)20(18,19)16-10-2-3-11(16)6-12(17)5-10/h1,4,8,10-12,17H,2-3,5-6H2. The van der Waals surface area contributed by atoms with Gasteiger partial charge in [-0.1, -0.05) is 0 Å². The van der Waals surface area contributed by atoms with Crippen LogP contribution in [0.4, 0.5) is 0 Å². The zero-order valence-corrected chi connectivity index (χ0v) is 11.6. The fourth-order valence-corrected chi connectivity index (χ4v) is 5.06. The third-order valence-electron chi connectivity index (χ3n) is 4.07. The Kier molecular flexibility index (Phi) is 3.24. The minimum absolute atomic E-state index is 0.116. The minimum Gasteiger partial charge on any atom is -0.393 e. The predicted molar refractivity (Wildman–Crippen MR) is 70.0 cm³/mol. The first-order valence-corrected chi connectivity index (χ1v) is 8.04. The lowest BCUT2D eigenvalue weighted by Gasteiger charge is -2.35. The van der Waals surface area contributed by atoms with Gasteiger partial charge < -0.3 is 5.11 Å². The molecule has 7 heteroatoms. The average Bonchev–Trinajstić information content (AvgIpc) is 2.72. The third-order valence-corrected chi connectivity index (χ3v) is 6.06. The molecule has 2 unspecified atom stereocenters. The Bertz CT molecular complexity index is 636. The lowest BCUT2D eigenvalue weighted by Crippen LogP contribution is -2.47. The molecule has 20 heavy (non-hydrogen) atoms. The Morgan fingerprint density at radius 3 is 2.45 bits per heavy atom. The molecule has 0 amide bonds. The summed E-state index contributed by atoms with van der Waals surface area (Å²) in [6.45, 7) is 0. The summed E-state index contributed by atoms with van der Waals surface area (Å²) in [6.07, 6.45) is 3.42. The van der Waals surface area contributed by atoms with Crippen LogP contribution in [0.5, 0.6) is 0 Å². The molecule has 3 rings (SSSR count). The summed E-state index contributed by atoms with van der Waals surface area (Å²) >= 11 is 0. The van der Waals surface area contributed by atoms with Crippen LogP contribution in [-0.4, -0.2) is 41.0 Å². The van der Waals surface area contributed by atoms with Crippen LogP contribution in [0.3, 0.4) is 0 Å². The molecule has 2 saturated heterocycles. The van der Waals surface area contributed by atoms with Crippen LogP contribution in [0.25, 0.3) is 0 Å². The Labute approximate surface area is 117 Å². The van der Waals surface area contributed by atoms with Crippen molar-refractivity contribution in [3.05, 3.63) is 24.0 Å². The van der Waals surface area contributed by atoms with E-state index in [1.54, 1.807) is 0 Å². The summed E-state index contributed by atoms with van der Waals surface area (Å²) in [5.74, 6) is 0. The van der Waals surface area contributed by atoms with Gasteiger partial charge >= 0.3 is 0 Å². The molecule has 3 heterocycles. The minimum atomic E-state index is -3.60. The van der Waals surface area contributed by atoms with Gasteiger partial charge in [-0.05, 0) is 37.8 Å². The molecule has 106 valence electrons. The number of nitrogens with zero attached hydrogens (tertiary/aromatic N) is 3. The van der Waals surface area contributed by atoms with Crippen LogP contribution in [0.15, 0.2) is 23.2 Å². The second kappa shape index (κ2) is 4.81. The fraction of sp³-hybridized carbons (Fsp3) is 0.538. The van der Waals surface area contributed by atoms with Crippen molar-refractivity contribution in [3.63, 3.8) is 0 Å². The van der Waals surface area contributed by atoms with Gasteiger partial charge in [-0.3, -0.25) is 0 Å². The summed E-state index contributed by atoms with van der Waals surface area (Å²) in [4.78, 5) is 3.94. The monoisotopic (exact) mass is 293 g/mol. The van der Waals surface area contributed by atoms with E-state index in [0.717, 1.165) is 12.8 Å². The molecule has 0 aromatic carbocycles. The molecular weight excluding hydrogens is 278 g/mol. The number of aliphatic hydroxyl groups is 1. The first kappa shape index (κ1) is 13.5. The van der Waals surface area contributed by atoms with Gasteiger partial charge in [-0.25, -0.2) is 13.4 Å². The Hall–Kier alpha value is -1.49. The van der Waals surface area contributed by atoms with E-state index in [1.807, 2.05) is 6.07 Å². The maximum absolute atomic E-state index is 12.7. The van der Waals surface area contributed by atoms with E-state index >= 15 is 0 Å². The molecule has 0 radical (unpaired) electrons. The second-order valence-electron chi connectivity index (χ2n) is 5.34. The molecule has 2 aliphatic heterocycles. The molecule has 2 aliphatic rings. The summed E-state index contributed by atoms with van der Waals surface area (Å²) in [7, 11) is -3.60. The Morgan fingerprint density at radius 2 is 1.95 bits per heavy atom. The van der Waals surface area contributed by atoms with Crippen LogP contribution < -0.4 is 0 Å². The molecule has 0 aliphatic carbocycles. The number of sulfonamides is 1. The van der Waals surface area contributed by atoms with E-state index < -0.39 is 16.1 Å². The highest BCUT2D eigenvalue weighted by Gasteiger charge is 2.46. The van der Waals surface area contributed by atoms with Gasteiger partial charge in [0.25, 0.3) is 0 Å². The highest BCUT2D eigenvalue weighted by atomic mass is 32.2. The number of fused-ring (bicyclic) bond motifs is 2. The maximum atomic E-state index is 12.7. The summed E-state index contributed by atoms with van der Waals surface area (Å²) in [5, 5.41) is 18.4. The molecule has 2 atom stereocenters. The van der Waals surface area contributed by atoms with Crippen molar-refractivity contribution in [2.45, 2.75) is 48.8 Å². The summed E-state index contributed by atoms with van der Waals surface area (Å²) in [5.41, 5.74) is 0.195. The van der Waals surface area contributed by atoms with Gasteiger partial charge in [0.05, 0.1) is 6.10 Å². The molecule has 6 nitrogen and oxygen atoms in total. The van der Waals surface area contributed by atoms with E-state index in [2.05, 4.69) is 4.98 Å². The van der Waals surface area contributed by atoms with E-state index in [-0.39, 0.29) is 22.7 Å². The number of pyridine rings is 1. The van der Waals surface area contributed by atoms with E-state index in [0.29, 0.717) is 12.8 Å². The van der Waals surface area contributed by atoms with Gasteiger partial charge in [0.1, 0.15) is 16.7 Å². The Balaban J connectivity index is 1.94. The van der Waals surface area contributed by atoms with Gasteiger partial charge in [0.15, 0.2) is 0 Å².